The second-order valence-corrected chi connectivity index (χ2v) is 10.5. The summed E-state index contributed by atoms with van der Waals surface area (Å²) < 4.78 is 32.2. The van der Waals surface area contributed by atoms with Crippen molar-refractivity contribution in [3.63, 3.8) is 0 Å². The van der Waals surface area contributed by atoms with E-state index in [4.69, 9.17) is 4.74 Å². The minimum atomic E-state index is -3.31. The molecule has 7 heteroatoms. The van der Waals surface area contributed by atoms with Crippen LogP contribution in [0.5, 0.6) is 0 Å². The van der Waals surface area contributed by atoms with Gasteiger partial charge in [-0.25, -0.2) is 8.42 Å². The molecule has 0 bridgehead atoms. The lowest BCUT2D eigenvalue weighted by atomic mass is 9.74. The summed E-state index contributed by atoms with van der Waals surface area (Å²) in [5, 5.41) is 0. The summed E-state index contributed by atoms with van der Waals surface area (Å²) in [6, 6.07) is -0.0953. The third-order valence-electron chi connectivity index (χ3n) is 6.45. The van der Waals surface area contributed by atoms with Crippen molar-refractivity contribution >= 4 is 15.9 Å². The molecule has 26 heavy (non-hydrogen) atoms. The van der Waals surface area contributed by atoms with Crippen molar-refractivity contribution in [2.24, 2.45) is 5.41 Å². The Hall–Kier alpha value is -0.660. The van der Waals surface area contributed by atoms with Gasteiger partial charge in [0.2, 0.25) is 15.9 Å². The summed E-state index contributed by atoms with van der Waals surface area (Å²) in [6.45, 7) is 4.63. The molecule has 0 aromatic rings. The van der Waals surface area contributed by atoms with Crippen LogP contribution in [0.1, 0.15) is 64.7 Å². The van der Waals surface area contributed by atoms with Gasteiger partial charge in [-0.15, -0.1) is 0 Å². The normalized spacial score (nSPS) is 28.3. The van der Waals surface area contributed by atoms with Crippen LogP contribution in [0.15, 0.2) is 0 Å². The standard InChI is InChI=1S/C19H34N2O4S/c1-19(10-4-3-5-11-19)18(22)20-12-6-7-17(15-20)21(26(2,23)24)16-8-13-25-14-9-16/h16-17H,3-15H2,1-2H3. The summed E-state index contributed by atoms with van der Waals surface area (Å²) in [6.07, 6.45) is 9.90. The van der Waals surface area contributed by atoms with Crippen molar-refractivity contribution in [2.45, 2.75) is 76.8 Å². The number of rotatable bonds is 4. The number of hydrogen-bond acceptors (Lipinski definition) is 4. The number of carbonyl (C=O) groups excluding carboxylic acids is 1. The fourth-order valence-electron chi connectivity index (χ4n) is 5.05. The van der Waals surface area contributed by atoms with Gasteiger partial charge in [0.1, 0.15) is 0 Å². The average molecular weight is 387 g/mol. The first-order valence-corrected chi connectivity index (χ1v) is 12.0. The van der Waals surface area contributed by atoms with Gasteiger partial charge in [-0.2, -0.15) is 4.31 Å². The molecule has 1 amide bonds. The van der Waals surface area contributed by atoms with Gasteiger partial charge in [0, 0.05) is 43.8 Å². The molecule has 150 valence electrons. The highest BCUT2D eigenvalue weighted by Crippen LogP contribution is 2.38. The summed E-state index contributed by atoms with van der Waals surface area (Å²) >= 11 is 0. The molecule has 2 aliphatic heterocycles. The Kier molecular flexibility index (Phi) is 6.29. The van der Waals surface area contributed by atoms with E-state index in [9.17, 15) is 13.2 Å². The van der Waals surface area contributed by atoms with E-state index in [2.05, 4.69) is 6.92 Å². The highest BCUT2D eigenvalue weighted by Gasteiger charge is 2.42. The van der Waals surface area contributed by atoms with Crippen LogP contribution in [0.4, 0.5) is 0 Å². The molecule has 3 rings (SSSR count). The molecule has 0 radical (unpaired) electrons. The number of carbonyl (C=O) groups is 1. The van der Waals surface area contributed by atoms with Gasteiger partial charge in [0.05, 0.1) is 6.26 Å². The van der Waals surface area contributed by atoms with Crippen LogP contribution in [-0.2, 0) is 19.6 Å². The van der Waals surface area contributed by atoms with E-state index in [0.29, 0.717) is 19.8 Å². The molecule has 0 spiro atoms. The molecule has 3 fully saturated rings. The Labute approximate surface area is 158 Å². The van der Waals surface area contributed by atoms with Crippen LogP contribution >= 0.6 is 0 Å². The van der Waals surface area contributed by atoms with Gasteiger partial charge < -0.3 is 9.64 Å². The third kappa shape index (κ3) is 4.42. The zero-order valence-electron chi connectivity index (χ0n) is 16.3. The second kappa shape index (κ2) is 8.15. The maximum absolute atomic E-state index is 13.2. The van der Waals surface area contributed by atoms with Crippen molar-refractivity contribution in [1.29, 1.82) is 0 Å². The van der Waals surface area contributed by atoms with Crippen molar-refractivity contribution < 1.29 is 17.9 Å². The number of likely N-dealkylation sites (tertiary alicyclic amines) is 1. The number of ether oxygens (including phenoxy) is 1. The smallest absolute Gasteiger partial charge is 0.228 e. The number of piperidine rings is 1. The summed E-state index contributed by atoms with van der Waals surface area (Å²) in [4.78, 5) is 15.2. The van der Waals surface area contributed by atoms with E-state index in [1.807, 2.05) is 4.90 Å². The molecule has 2 saturated heterocycles. The Balaban J connectivity index is 1.74. The first-order valence-electron chi connectivity index (χ1n) is 10.2. The van der Waals surface area contributed by atoms with E-state index in [-0.39, 0.29) is 23.4 Å². The van der Waals surface area contributed by atoms with Gasteiger partial charge in [0.25, 0.3) is 0 Å². The quantitative estimate of drug-likeness (QED) is 0.744. The average Bonchev–Trinajstić information content (AvgIpc) is 2.62. The SMILES string of the molecule is CC1(C(=O)N2CCCC(N(C3CCOCC3)S(C)(=O)=O)C2)CCCCC1. The highest BCUT2D eigenvalue weighted by atomic mass is 32.2. The number of amides is 1. The van der Waals surface area contributed by atoms with Crippen molar-refractivity contribution in [1.82, 2.24) is 9.21 Å². The van der Waals surface area contributed by atoms with Gasteiger partial charge >= 0.3 is 0 Å². The maximum Gasteiger partial charge on any atom is 0.228 e. The minimum absolute atomic E-state index is 0.00377. The molecular formula is C19H34N2O4S. The Morgan fingerprint density at radius 1 is 1.04 bits per heavy atom. The van der Waals surface area contributed by atoms with Crippen LogP contribution in [0, 0.1) is 5.41 Å². The maximum atomic E-state index is 13.2. The zero-order valence-corrected chi connectivity index (χ0v) is 17.1. The van der Waals surface area contributed by atoms with Crippen LogP contribution < -0.4 is 0 Å². The number of hydrogen-bond donors (Lipinski definition) is 0. The fourth-order valence-corrected chi connectivity index (χ4v) is 6.52. The van der Waals surface area contributed by atoms with Gasteiger partial charge in [-0.05, 0) is 38.5 Å². The highest BCUT2D eigenvalue weighted by molar-refractivity contribution is 7.88. The van der Waals surface area contributed by atoms with Gasteiger partial charge in [-0.1, -0.05) is 26.2 Å². The fraction of sp³-hybridized carbons (Fsp3) is 0.947. The largest absolute Gasteiger partial charge is 0.381 e. The lowest BCUT2D eigenvalue weighted by molar-refractivity contribution is -0.145. The molecule has 1 atom stereocenters. The van der Waals surface area contributed by atoms with Crippen molar-refractivity contribution in [3.8, 4) is 0 Å². The molecule has 3 aliphatic rings. The van der Waals surface area contributed by atoms with Crippen molar-refractivity contribution in [2.75, 3.05) is 32.6 Å². The van der Waals surface area contributed by atoms with Gasteiger partial charge in [0.15, 0.2) is 0 Å². The van der Waals surface area contributed by atoms with Crippen LogP contribution in [0.3, 0.4) is 0 Å². The van der Waals surface area contributed by atoms with E-state index < -0.39 is 10.0 Å². The molecule has 0 N–H and O–H groups in total. The molecule has 2 heterocycles. The second-order valence-electron chi connectivity index (χ2n) is 8.60. The monoisotopic (exact) mass is 386 g/mol. The lowest BCUT2D eigenvalue weighted by Crippen LogP contribution is -2.57. The molecular weight excluding hydrogens is 352 g/mol. The molecule has 0 aromatic carbocycles. The van der Waals surface area contributed by atoms with Crippen LogP contribution in [0.25, 0.3) is 0 Å². The first-order chi connectivity index (χ1) is 12.3. The topological polar surface area (TPSA) is 66.9 Å². The van der Waals surface area contributed by atoms with E-state index in [1.165, 1.54) is 12.7 Å². The molecule has 1 unspecified atom stereocenters. The van der Waals surface area contributed by atoms with E-state index in [1.54, 1.807) is 4.31 Å². The van der Waals surface area contributed by atoms with E-state index >= 15 is 0 Å². The van der Waals surface area contributed by atoms with Gasteiger partial charge in [-0.3, -0.25) is 4.79 Å². The molecule has 1 aliphatic carbocycles. The number of sulfonamides is 1. The molecule has 0 aromatic heterocycles. The predicted molar refractivity (Wildman–Crippen MR) is 101 cm³/mol. The van der Waals surface area contributed by atoms with Crippen LogP contribution in [0.2, 0.25) is 0 Å². The predicted octanol–water partition coefficient (Wildman–Crippen LogP) is 2.39. The zero-order chi connectivity index (χ0) is 18.8. The third-order valence-corrected chi connectivity index (χ3v) is 7.81. The summed E-state index contributed by atoms with van der Waals surface area (Å²) in [5.74, 6) is 0.238. The molecule has 1 saturated carbocycles. The molecule has 6 nitrogen and oxygen atoms in total. The number of nitrogens with zero attached hydrogens (tertiary/aromatic N) is 2. The Morgan fingerprint density at radius 2 is 1.69 bits per heavy atom. The van der Waals surface area contributed by atoms with Crippen molar-refractivity contribution in [3.05, 3.63) is 0 Å². The lowest BCUT2D eigenvalue weighted by Gasteiger charge is -2.45. The minimum Gasteiger partial charge on any atom is -0.381 e. The summed E-state index contributed by atoms with van der Waals surface area (Å²) in [7, 11) is -3.31. The van der Waals surface area contributed by atoms with Crippen LogP contribution in [-0.4, -0.2) is 68.2 Å². The Morgan fingerprint density at radius 3 is 2.31 bits per heavy atom. The Bertz CT molecular complexity index is 595. The first kappa shape index (κ1) is 20.1. The van der Waals surface area contributed by atoms with E-state index in [0.717, 1.165) is 57.9 Å². The summed E-state index contributed by atoms with van der Waals surface area (Å²) in [5.41, 5.74) is -0.255.